The van der Waals surface area contributed by atoms with E-state index in [1.54, 1.807) is 0 Å². The molecule has 0 aliphatic rings. The van der Waals surface area contributed by atoms with Crippen molar-refractivity contribution in [2.45, 2.75) is 45.8 Å². The van der Waals surface area contributed by atoms with E-state index in [2.05, 4.69) is 83.0 Å². The predicted molar refractivity (Wildman–Crippen MR) is 68.6 cm³/mol. The number of hydrogen-bond donors (Lipinski definition) is 0. The molecule has 0 spiro atoms. The quantitative estimate of drug-likeness (QED) is 0.426. The number of hydrogen-bond acceptors (Lipinski definition) is 1. The summed E-state index contributed by atoms with van der Waals surface area (Å²) in [7, 11) is -1.54. The second kappa shape index (κ2) is 27.6. The zero-order valence-corrected chi connectivity index (χ0v) is 15.1. The molecular weight excluding hydrogens is 332 g/mol. The third-order valence-electron chi connectivity index (χ3n) is 2.21. The third-order valence-corrected chi connectivity index (χ3v) is 7.01. The van der Waals surface area contributed by atoms with E-state index in [0.29, 0.717) is 5.04 Å². The molecule has 0 bridgehead atoms. The van der Waals surface area contributed by atoms with Gasteiger partial charge in [0.1, 0.15) is 0 Å². The maximum atomic E-state index is 7.50. The third kappa shape index (κ3) is 32.6. The predicted octanol–water partition coefficient (Wildman–Crippen LogP) is 2.52. The van der Waals surface area contributed by atoms with Crippen molar-refractivity contribution < 1.29 is 43.5 Å². The van der Waals surface area contributed by atoms with Gasteiger partial charge < -0.3 is 0 Å². The Labute approximate surface area is 135 Å². The Morgan fingerprint density at radius 1 is 0.810 bits per heavy atom. The molecule has 0 N–H and O–H groups in total. The SMILES string of the molecule is C[C](=[Cr])O[Si](C)(C)C(C)(C)C.[C-]#[O+].[C-]#[O+].[C-]#[O+].[C-]#[O+].[C-]#[O+]. The van der Waals surface area contributed by atoms with E-state index in [4.69, 9.17) is 27.7 Å². The molecule has 0 atom stereocenters. The van der Waals surface area contributed by atoms with Gasteiger partial charge in [0, 0.05) is 0 Å². The zero-order valence-electron chi connectivity index (χ0n) is 12.9. The Hall–Kier alpha value is -0.721. The molecule has 0 aromatic heterocycles. The zero-order chi connectivity index (χ0) is 19.3. The molecule has 0 rings (SSSR count). The fraction of sp³-hybridized carbons (Fsp3) is 0.538. The summed E-state index contributed by atoms with van der Waals surface area (Å²) in [5.41, 5.74) is 0. The van der Waals surface area contributed by atoms with Crippen molar-refractivity contribution in [2.24, 2.45) is 0 Å². The fourth-order valence-corrected chi connectivity index (χ4v) is 2.51. The normalized spacial score (nSPS) is 7.43. The van der Waals surface area contributed by atoms with Gasteiger partial charge in [-0.25, -0.2) is 0 Å². The first-order valence-corrected chi connectivity index (χ1v) is 8.43. The van der Waals surface area contributed by atoms with Crippen LogP contribution in [0.1, 0.15) is 27.7 Å². The van der Waals surface area contributed by atoms with E-state index in [1.807, 2.05) is 6.92 Å². The Morgan fingerprint density at radius 2 is 1.00 bits per heavy atom. The molecule has 6 nitrogen and oxygen atoms in total. The van der Waals surface area contributed by atoms with Gasteiger partial charge in [-0.05, 0) is 0 Å². The Kier molecular flexibility index (Phi) is 48.6. The summed E-state index contributed by atoms with van der Waals surface area (Å²) in [6.45, 7) is 35.7. The molecule has 0 radical (unpaired) electrons. The van der Waals surface area contributed by atoms with Gasteiger partial charge in [0.25, 0.3) is 0 Å². The van der Waals surface area contributed by atoms with Gasteiger partial charge in [0.05, 0.1) is 0 Å². The number of rotatable bonds is 2. The average molecular weight is 350 g/mol. The molecule has 8 heteroatoms. The second-order valence-corrected chi connectivity index (χ2v) is 9.98. The Morgan fingerprint density at radius 3 is 1.05 bits per heavy atom. The first-order chi connectivity index (χ1) is 9.67. The van der Waals surface area contributed by atoms with Crippen LogP contribution in [0.2, 0.25) is 18.1 Å². The van der Waals surface area contributed by atoms with Crippen molar-refractivity contribution in [1.29, 1.82) is 0 Å². The molecule has 0 unspecified atom stereocenters. The van der Waals surface area contributed by atoms with E-state index >= 15 is 0 Å². The van der Waals surface area contributed by atoms with Gasteiger partial charge in [0.2, 0.25) is 0 Å². The molecule has 0 saturated heterocycles. The first kappa shape index (κ1) is 37.0. The molecule has 0 amide bonds. The van der Waals surface area contributed by atoms with Crippen LogP contribution in [0.15, 0.2) is 0 Å². The van der Waals surface area contributed by atoms with Crippen LogP contribution in [0.25, 0.3) is 0 Å². The van der Waals surface area contributed by atoms with Crippen molar-refractivity contribution in [2.75, 3.05) is 0 Å². The topological polar surface area (TPSA) is 109 Å². The fourth-order valence-electron chi connectivity index (χ4n) is 0.512. The van der Waals surface area contributed by atoms with Crippen molar-refractivity contribution in [3.8, 4) is 0 Å². The van der Waals surface area contributed by atoms with Crippen LogP contribution in [-0.4, -0.2) is 12.9 Å². The molecule has 0 aliphatic carbocycles. The van der Waals surface area contributed by atoms with Crippen LogP contribution in [-0.2, 0) is 43.5 Å². The molecular formula is C13H18CrO6Si. The average Bonchev–Trinajstić information content (AvgIpc) is 2.47. The van der Waals surface area contributed by atoms with E-state index in [0.717, 1.165) is 4.57 Å². The minimum absolute atomic E-state index is 0.304. The van der Waals surface area contributed by atoms with Gasteiger partial charge in [-0.1, -0.05) is 0 Å². The summed E-state index contributed by atoms with van der Waals surface area (Å²) in [4.78, 5) is 0. The monoisotopic (exact) mass is 350 g/mol. The molecule has 0 heterocycles. The summed E-state index contributed by atoms with van der Waals surface area (Å²) in [5, 5.41) is 0.304. The maximum absolute atomic E-state index is 7.50. The van der Waals surface area contributed by atoms with E-state index in [1.165, 1.54) is 0 Å². The van der Waals surface area contributed by atoms with Gasteiger partial charge in [-0.15, -0.1) is 0 Å². The molecule has 21 heavy (non-hydrogen) atoms. The van der Waals surface area contributed by atoms with Gasteiger partial charge >= 0.3 is 136 Å². The molecule has 0 saturated carbocycles. The van der Waals surface area contributed by atoms with Gasteiger partial charge in [-0.3, -0.25) is 0 Å². The summed E-state index contributed by atoms with van der Waals surface area (Å²) < 4.78 is 44.3. The first-order valence-electron chi connectivity index (χ1n) is 4.88. The van der Waals surface area contributed by atoms with Crippen LogP contribution in [0.3, 0.4) is 0 Å². The molecule has 0 aromatic carbocycles. The molecule has 0 aromatic rings. The van der Waals surface area contributed by atoms with Crippen molar-refractivity contribution in [3.05, 3.63) is 33.3 Å². The molecule has 116 valence electrons. The van der Waals surface area contributed by atoms with Gasteiger partial charge in [-0.2, -0.15) is 0 Å². The Bertz CT molecular complexity index is 298. The van der Waals surface area contributed by atoms with E-state index < -0.39 is 8.32 Å². The summed E-state index contributed by atoms with van der Waals surface area (Å²) in [5.74, 6) is 0. The van der Waals surface area contributed by atoms with Crippen LogP contribution in [0, 0.1) is 33.3 Å². The van der Waals surface area contributed by atoms with Gasteiger partial charge in [0.15, 0.2) is 0 Å². The van der Waals surface area contributed by atoms with Crippen LogP contribution < -0.4 is 0 Å². The second-order valence-electron chi connectivity index (χ2n) is 4.35. The van der Waals surface area contributed by atoms with Crippen molar-refractivity contribution in [1.82, 2.24) is 0 Å². The summed E-state index contributed by atoms with van der Waals surface area (Å²) in [6.07, 6.45) is 0. The van der Waals surface area contributed by atoms with Crippen LogP contribution in [0.5, 0.6) is 0 Å². The Balaban J connectivity index is -0.0000000474. The standard InChI is InChI=1S/C8H18OSi.5CO.Cr/c1-7-9-10(5,6)8(2,3)4;5*1-2;/h1-6H3;;;;;;. The van der Waals surface area contributed by atoms with Crippen molar-refractivity contribution >= 4 is 12.9 Å². The molecule has 0 aliphatic heterocycles. The summed E-state index contributed by atoms with van der Waals surface area (Å²) >= 11 is 2.90. The van der Waals surface area contributed by atoms with E-state index in [-0.39, 0.29) is 0 Å². The van der Waals surface area contributed by atoms with Crippen molar-refractivity contribution in [3.63, 3.8) is 0 Å². The minimum atomic E-state index is -1.54. The van der Waals surface area contributed by atoms with E-state index in [9.17, 15) is 0 Å². The molecule has 0 fully saturated rings. The summed E-state index contributed by atoms with van der Waals surface area (Å²) in [6, 6.07) is 0. The van der Waals surface area contributed by atoms with Crippen LogP contribution >= 0.6 is 0 Å². The van der Waals surface area contributed by atoms with Crippen LogP contribution in [0.4, 0.5) is 0 Å².